The van der Waals surface area contributed by atoms with Gasteiger partial charge in [0.25, 0.3) is 0 Å². The molecule has 0 aliphatic carbocycles. The average molecular weight is 279 g/mol. The molecule has 1 aliphatic heterocycles. The molecule has 1 aliphatic rings. The normalized spacial score (nSPS) is 21.6. The Balaban J connectivity index is 2.25. The molecular formula is C14H17NO5. The first-order valence-corrected chi connectivity index (χ1v) is 6.26. The summed E-state index contributed by atoms with van der Waals surface area (Å²) in [5.74, 6) is -0.319. The summed E-state index contributed by atoms with van der Waals surface area (Å²) in [4.78, 5) is 24.2. The van der Waals surface area contributed by atoms with Crippen molar-refractivity contribution in [2.75, 3.05) is 27.3 Å². The van der Waals surface area contributed by atoms with Gasteiger partial charge in [0.05, 0.1) is 20.1 Å². The van der Waals surface area contributed by atoms with Crippen LogP contribution in [0.4, 0.5) is 4.79 Å². The molecule has 2 rings (SSSR count). The average Bonchev–Trinajstić information content (AvgIpc) is 2.92. The molecule has 2 unspecified atom stereocenters. The van der Waals surface area contributed by atoms with E-state index < -0.39 is 12.0 Å². The van der Waals surface area contributed by atoms with Gasteiger partial charge in [-0.15, -0.1) is 0 Å². The van der Waals surface area contributed by atoms with E-state index in [4.69, 9.17) is 14.6 Å². The lowest BCUT2D eigenvalue weighted by molar-refractivity contribution is -0.145. The van der Waals surface area contributed by atoms with Gasteiger partial charge in [-0.3, -0.25) is 4.79 Å². The van der Waals surface area contributed by atoms with Crippen LogP contribution in [0.25, 0.3) is 0 Å². The van der Waals surface area contributed by atoms with Gasteiger partial charge in [0.1, 0.15) is 5.75 Å². The van der Waals surface area contributed by atoms with Crippen LogP contribution in [-0.2, 0) is 9.53 Å². The first-order valence-electron chi connectivity index (χ1n) is 6.26. The third-order valence-electron chi connectivity index (χ3n) is 3.64. The number of rotatable bonds is 3. The number of carbonyl (C=O) groups is 2. The Bertz CT molecular complexity index is 499. The van der Waals surface area contributed by atoms with Crippen LogP contribution in [0.15, 0.2) is 24.3 Å². The van der Waals surface area contributed by atoms with Crippen molar-refractivity contribution in [2.24, 2.45) is 5.92 Å². The van der Waals surface area contributed by atoms with Crippen LogP contribution in [0.3, 0.4) is 0 Å². The Labute approximate surface area is 116 Å². The summed E-state index contributed by atoms with van der Waals surface area (Å²) in [6, 6.07) is 7.30. The number of nitrogens with zero attached hydrogens (tertiary/aromatic N) is 1. The fraction of sp³-hybridized carbons (Fsp3) is 0.429. The fourth-order valence-electron chi connectivity index (χ4n) is 2.54. The molecule has 0 aromatic heterocycles. The van der Waals surface area contributed by atoms with Gasteiger partial charge in [-0.05, 0) is 17.7 Å². The van der Waals surface area contributed by atoms with E-state index in [9.17, 15) is 9.59 Å². The predicted molar refractivity (Wildman–Crippen MR) is 70.8 cm³/mol. The van der Waals surface area contributed by atoms with E-state index in [1.165, 1.54) is 12.0 Å². The summed E-state index contributed by atoms with van der Waals surface area (Å²) in [6.07, 6.45) is -1.02. The summed E-state index contributed by atoms with van der Waals surface area (Å²) < 4.78 is 9.87. The molecule has 1 aromatic rings. The molecule has 0 saturated carbocycles. The maximum atomic E-state index is 11.8. The van der Waals surface area contributed by atoms with Crippen LogP contribution in [0, 0.1) is 5.92 Å². The topological polar surface area (TPSA) is 76.1 Å². The van der Waals surface area contributed by atoms with E-state index in [0.29, 0.717) is 6.54 Å². The fourth-order valence-corrected chi connectivity index (χ4v) is 2.54. The predicted octanol–water partition coefficient (Wildman–Crippen LogP) is 1.56. The highest BCUT2D eigenvalue weighted by atomic mass is 16.5. The van der Waals surface area contributed by atoms with Gasteiger partial charge in [-0.25, -0.2) is 4.79 Å². The molecule has 1 heterocycles. The molecule has 108 valence electrons. The van der Waals surface area contributed by atoms with E-state index >= 15 is 0 Å². The van der Waals surface area contributed by atoms with Crippen molar-refractivity contribution in [3.63, 3.8) is 0 Å². The van der Waals surface area contributed by atoms with Gasteiger partial charge in [0, 0.05) is 19.0 Å². The van der Waals surface area contributed by atoms with Gasteiger partial charge in [0.15, 0.2) is 0 Å². The number of esters is 1. The molecular weight excluding hydrogens is 262 g/mol. The third kappa shape index (κ3) is 2.68. The van der Waals surface area contributed by atoms with Crippen molar-refractivity contribution in [2.45, 2.75) is 5.92 Å². The third-order valence-corrected chi connectivity index (χ3v) is 3.64. The van der Waals surface area contributed by atoms with Crippen LogP contribution in [0.1, 0.15) is 11.5 Å². The summed E-state index contributed by atoms with van der Waals surface area (Å²) in [5.41, 5.74) is 0.907. The molecule has 0 spiro atoms. The van der Waals surface area contributed by atoms with E-state index in [0.717, 1.165) is 11.3 Å². The zero-order valence-electron chi connectivity index (χ0n) is 11.4. The summed E-state index contributed by atoms with van der Waals surface area (Å²) in [5, 5.41) is 9.09. The number of likely N-dealkylation sites (tertiary alicyclic amines) is 1. The number of ether oxygens (including phenoxy) is 2. The lowest BCUT2D eigenvalue weighted by Gasteiger charge is -2.16. The van der Waals surface area contributed by atoms with Gasteiger partial charge in [-0.1, -0.05) is 12.1 Å². The van der Waals surface area contributed by atoms with Crippen LogP contribution >= 0.6 is 0 Å². The van der Waals surface area contributed by atoms with Crippen molar-refractivity contribution in [1.82, 2.24) is 4.90 Å². The molecule has 2 atom stereocenters. The second kappa shape index (κ2) is 5.81. The number of amides is 1. The highest BCUT2D eigenvalue weighted by Crippen LogP contribution is 2.34. The van der Waals surface area contributed by atoms with E-state index in [-0.39, 0.29) is 18.4 Å². The SMILES string of the molecule is COC(=O)C1CN(C(=O)O)CC1c1ccc(OC)cc1. The van der Waals surface area contributed by atoms with Crippen LogP contribution in [0.5, 0.6) is 5.75 Å². The zero-order chi connectivity index (χ0) is 14.7. The molecule has 1 aromatic carbocycles. The number of carbonyl (C=O) groups excluding carboxylic acids is 1. The molecule has 1 saturated heterocycles. The number of benzene rings is 1. The molecule has 1 N–H and O–H groups in total. The molecule has 6 heteroatoms. The zero-order valence-corrected chi connectivity index (χ0v) is 11.4. The molecule has 0 bridgehead atoms. The van der Waals surface area contributed by atoms with Gasteiger partial charge >= 0.3 is 12.1 Å². The number of methoxy groups -OCH3 is 2. The minimum atomic E-state index is -1.02. The number of carboxylic acid groups (broad SMARTS) is 1. The van der Waals surface area contributed by atoms with Crippen LogP contribution in [0.2, 0.25) is 0 Å². The van der Waals surface area contributed by atoms with Gasteiger partial charge in [0.2, 0.25) is 0 Å². The first kappa shape index (κ1) is 14.2. The highest BCUT2D eigenvalue weighted by molar-refractivity contribution is 5.76. The van der Waals surface area contributed by atoms with Crippen LogP contribution in [-0.4, -0.2) is 49.4 Å². The molecule has 6 nitrogen and oxygen atoms in total. The van der Waals surface area contributed by atoms with Crippen molar-refractivity contribution in [3.8, 4) is 5.75 Å². The smallest absolute Gasteiger partial charge is 0.407 e. The van der Waals surface area contributed by atoms with Crippen molar-refractivity contribution >= 4 is 12.1 Å². The van der Waals surface area contributed by atoms with E-state index in [2.05, 4.69) is 0 Å². The minimum Gasteiger partial charge on any atom is -0.497 e. The Morgan fingerprint density at radius 2 is 1.85 bits per heavy atom. The van der Waals surface area contributed by atoms with Crippen molar-refractivity contribution in [1.29, 1.82) is 0 Å². The van der Waals surface area contributed by atoms with Gasteiger partial charge < -0.3 is 19.5 Å². The quantitative estimate of drug-likeness (QED) is 0.850. The first-order chi connectivity index (χ1) is 9.56. The number of hydrogen-bond donors (Lipinski definition) is 1. The van der Waals surface area contributed by atoms with E-state index in [1.807, 2.05) is 12.1 Å². The molecule has 20 heavy (non-hydrogen) atoms. The minimum absolute atomic E-state index is 0.165. The Morgan fingerprint density at radius 1 is 1.20 bits per heavy atom. The Kier molecular flexibility index (Phi) is 4.12. The van der Waals surface area contributed by atoms with E-state index in [1.54, 1.807) is 19.2 Å². The second-order valence-corrected chi connectivity index (χ2v) is 4.70. The lowest BCUT2D eigenvalue weighted by Crippen LogP contribution is -2.28. The second-order valence-electron chi connectivity index (χ2n) is 4.70. The Hall–Kier alpha value is -2.24. The molecule has 1 fully saturated rings. The highest BCUT2D eigenvalue weighted by Gasteiger charge is 2.41. The molecule has 1 amide bonds. The van der Waals surface area contributed by atoms with Gasteiger partial charge in [-0.2, -0.15) is 0 Å². The summed E-state index contributed by atoms with van der Waals surface area (Å²) in [6.45, 7) is 0.458. The molecule has 0 radical (unpaired) electrons. The maximum absolute atomic E-state index is 11.8. The van der Waals surface area contributed by atoms with Crippen LogP contribution < -0.4 is 4.74 Å². The number of hydrogen-bond acceptors (Lipinski definition) is 4. The maximum Gasteiger partial charge on any atom is 0.407 e. The monoisotopic (exact) mass is 279 g/mol. The standard InChI is InChI=1S/C14H17NO5/c1-19-10-5-3-9(4-6-10)11-7-15(14(17)18)8-12(11)13(16)20-2/h3-6,11-12H,7-8H2,1-2H3,(H,17,18). The van der Waals surface area contributed by atoms with Crippen molar-refractivity contribution < 1.29 is 24.2 Å². The largest absolute Gasteiger partial charge is 0.497 e. The lowest BCUT2D eigenvalue weighted by atomic mass is 9.89. The summed E-state index contributed by atoms with van der Waals surface area (Å²) in [7, 11) is 2.89. The Morgan fingerprint density at radius 3 is 2.35 bits per heavy atom. The summed E-state index contributed by atoms with van der Waals surface area (Å²) >= 11 is 0. The van der Waals surface area contributed by atoms with Crippen molar-refractivity contribution in [3.05, 3.63) is 29.8 Å².